The number of nitrogens with zero attached hydrogens (tertiary/aromatic N) is 1. The molecule has 12 nitrogen and oxygen atoms in total. The largest absolute Gasteiger partial charge is 0.493 e. The monoisotopic (exact) mass is 520 g/mol. The number of rotatable bonds is 14. The number of hydrogen-bond donors (Lipinski definition) is 5. The first-order valence-corrected chi connectivity index (χ1v) is 12.5. The van der Waals surface area contributed by atoms with E-state index < -0.39 is 33.9 Å². The summed E-state index contributed by atoms with van der Waals surface area (Å²) in [7, 11) is -1.38. The first kappa shape index (κ1) is 28.4. The van der Waals surface area contributed by atoms with Crippen molar-refractivity contribution in [1.82, 2.24) is 10.0 Å². The predicted octanol–water partition coefficient (Wildman–Crippen LogP) is -0.383. The van der Waals surface area contributed by atoms with Crippen LogP contribution in [0.4, 0.5) is 0 Å². The van der Waals surface area contributed by atoms with Gasteiger partial charge in [0.05, 0.1) is 19.1 Å². The van der Waals surface area contributed by atoms with Gasteiger partial charge in [0, 0.05) is 19.0 Å². The SMILES string of the molecule is COc1ccc(S(=O)(=O)NC(CCCN=C(N)N)C(=O)N[C@@H](Cc2ccccc2)C(N)=O)cc1OC. The van der Waals surface area contributed by atoms with Crippen LogP contribution in [0, 0.1) is 0 Å². The highest BCUT2D eigenvalue weighted by Gasteiger charge is 2.29. The van der Waals surface area contributed by atoms with Crippen molar-refractivity contribution >= 4 is 27.8 Å². The zero-order chi connectivity index (χ0) is 26.7. The molecule has 0 spiro atoms. The third-order valence-electron chi connectivity index (χ3n) is 5.17. The second kappa shape index (κ2) is 13.3. The quantitative estimate of drug-likeness (QED) is 0.126. The van der Waals surface area contributed by atoms with E-state index in [4.69, 9.17) is 26.7 Å². The van der Waals surface area contributed by atoms with Gasteiger partial charge in [-0.3, -0.25) is 14.6 Å². The number of nitrogens with one attached hydrogen (secondary N) is 2. The van der Waals surface area contributed by atoms with Crippen LogP contribution >= 0.6 is 0 Å². The Morgan fingerprint density at radius 1 is 0.972 bits per heavy atom. The summed E-state index contributed by atoms with van der Waals surface area (Å²) in [5.74, 6) is -1.06. The Labute approximate surface area is 210 Å². The zero-order valence-corrected chi connectivity index (χ0v) is 21.0. The molecule has 1 unspecified atom stereocenters. The minimum Gasteiger partial charge on any atom is -0.493 e. The van der Waals surface area contributed by atoms with Gasteiger partial charge in [-0.2, -0.15) is 4.72 Å². The van der Waals surface area contributed by atoms with Gasteiger partial charge in [0.25, 0.3) is 0 Å². The molecule has 0 saturated heterocycles. The number of methoxy groups -OCH3 is 2. The first-order valence-electron chi connectivity index (χ1n) is 11.0. The van der Waals surface area contributed by atoms with Crippen LogP contribution in [0.15, 0.2) is 58.4 Å². The van der Waals surface area contributed by atoms with Crippen LogP contribution in [0.25, 0.3) is 0 Å². The second-order valence-corrected chi connectivity index (χ2v) is 9.51. The van der Waals surface area contributed by atoms with Gasteiger partial charge in [-0.05, 0) is 30.5 Å². The number of carbonyl (C=O) groups is 2. The summed E-state index contributed by atoms with van der Waals surface area (Å²) < 4.78 is 39.0. The van der Waals surface area contributed by atoms with E-state index in [9.17, 15) is 18.0 Å². The highest BCUT2D eigenvalue weighted by molar-refractivity contribution is 7.89. The molecule has 2 aromatic carbocycles. The van der Waals surface area contributed by atoms with Gasteiger partial charge in [0.2, 0.25) is 21.8 Å². The van der Waals surface area contributed by atoms with Gasteiger partial charge in [-0.1, -0.05) is 30.3 Å². The lowest BCUT2D eigenvalue weighted by Crippen LogP contribution is -2.53. The van der Waals surface area contributed by atoms with Crippen LogP contribution in [-0.4, -0.2) is 59.0 Å². The molecule has 0 fully saturated rings. The number of hydrogen-bond acceptors (Lipinski definition) is 7. The lowest BCUT2D eigenvalue weighted by atomic mass is 10.0. The van der Waals surface area contributed by atoms with Crippen molar-refractivity contribution in [3.05, 3.63) is 54.1 Å². The second-order valence-electron chi connectivity index (χ2n) is 7.79. The maximum Gasteiger partial charge on any atom is 0.241 e. The lowest BCUT2D eigenvalue weighted by molar-refractivity contribution is -0.128. The number of amides is 2. The standard InChI is InChI=1S/C23H32N6O6S/c1-34-19-11-10-16(14-20(19)35-2)36(32,33)29-17(9-6-12-27-23(25)26)22(31)28-18(21(24)30)13-15-7-4-3-5-8-15/h3-5,7-8,10-11,14,17-18,29H,6,9,12-13H2,1-2H3,(H2,24,30)(H,28,31)(H4,25,26,27)/t17?,18-/m0/s1. The summed E-state index contributed by atoms with van der Waals surface area (Å²) in [6, 6.07) is 10.7. The van der Waals surface area contributed by atoms with E-state index in [1.807, 2.05) is 6.07 Å². The zero-order valence-electron chi connectivity index (χ0n) is 20.1. The summed E-state index contributed by atoms with van der Waals surface area (Å²) >= 11 is 0. The molecular formula is C23H32N6O6S. The van der Waals surface area contributed by atoms with Crippen molar-refractivity contribution in [3.8, 4) is 11.5 Å². The first-order chi connectivity index (χ1) is 17.1. The van der Waals surface area contributed by atoms with Crippen LogP contribution in [-0.2, 0) is 26.0 Å². The van der Waals surface area contributed by atoms with Crippen LogP contribution in [0.5, 0.6) is 11.5 Å². The molecule has 0 radical (unpaired) electrons. The smallest absolute Gasteiger partial charge is 0.241 e. The Hall–Kier alpha value is -3.84. The fourth-order valence-electron chi connectivity index (χ4n) is 3.33. The van der Waals surface area contributed by atoms with Gasteiger partial charge < -0.3 is 32.0 Å². The van der Waals surface area contributed by atoms with Crippen molar-refractivity contribution in [2.75, 3.05) is 20.8 Å². The third-order valence-corrected chi connectivity index (χ3v) is 6.64. The molecular weight excluding hydrogens is 488 g/mol. The predicted molar refractivity (Wildman–Crippen MR) is 135 cm³/mol. The molecule has 0 aliphatic heterocycles. The number of benzene rings is 2. The van der Waals surface area contributed by atoms with E-state index in [1.54, 1.807) is 24.3 Å². The summed E-state index contributed by atoms with van der Waals surface area (Å²) in [6.45, 7) is 0.174. The van der Waals surface area contributed by atoms with Crippen molar-refractivity contribution < 1.29 is 27.5 Å². The highest BCUT2D eigenvalue weighted by Crippen LogP contribution is 2.29. The van der Waals surface area contributed by atoms with Crippen LogP contribution in [0.3, 0.4) is 0 Å². The molecule has 0 aromatic heterocycles. The molecule has 2 rings (SSSR count). The Balaban J connectivity index is 2.26. The maximum absolute atomic E-state index is 13.1. The third kappa shape index (κ3) is 8.43. The van der Waals surface area contributed by atoms with Crippen molar-refractivity contribution in [3.63, 3.8) is 0 Å². The molecule has 0 aliphatic carbocycles. The van der Waals surface area contributed by atoms with E-state index in [0.717, 1.165) is 5.56 Å². The Bertz CT molecular complexity index is 1170. The summed E-state index contributed by atoms with van der Waals surface area (Å²) in [6.07, 6.45) is 0.474. The van der Waals surface area contributed by atoms with Gasteiger partial charge in [-0.25, -0.2) is 8.42 Å². The fraction of sp³-hybridized carbons (Fsp3) is 0.348. The fourth-order valence-corrected chi connectivity index (χ4v) is 4.58. The number of sulfonamides is 1. The molecule has 36 heavy (non-hydrogen) atoms. The number of ether oxygens (including phenoxy) is 2. The summed E-state index contributed by atoms with van der Waals surface area (Å²) in [5, 5.41) is 2.56. The minimum absolute atomic E-state index is 0.0476. The van der Waals surface area contributed by atoms with E-state index in [1.165, 1.54) is 32.4 Å². The molecule has 13 heteroatoms. The highest BCUT2D eigenvalue weighted by atomic mass is 32.2. The van der Waals surface area contributed by atoms with E-state index in [-0.39, 0.29) is 42.4 Å². The van der Waals surface area contributed by atoms with E-state index in [2.05, 4.69) is 15.0 Å². The van der Waals surface area contributed by atoms with Gasteiger partial charge in [0.15, 0.2) is 17.5 Å². The van der Waals surface area contributed by atoms with Gasteiger partial charge >= 0.3 is 0 Å². The average Bonchev–Trinajstić information content (AvgIpc) is 2.85. The molecule has 2 amide bonds. The van der Waals surface area contributed by atoms with Crippen molar-refractivity contribution in [1.29, 1.82) is 0 Å². The molecule has 0 saturated carbocycles. The lowest BCUT2D eigenvalue weighted by Gasteiger charge is -2.22. The normalized spacial score (nSPS) is 12.7. The Morgan fingerprint density at radius 3 is 2.22 bits per heavy atom. The van der Waals surface area contributed by atoms with Crippen LogP contribution in [0.1, 0.15) is 18.4 Å². The molecule has 2 aromatic rings. The van der Waals surface area contributed by atoms with Crippen molar-refractivity contribution in [2.24, 2.45) is 22.2 Å². The molecule has 2 atom stereocenters. The molecule has 8 N–H and O–H groups in total. The number of primary amides is 1. The number of aliphatic imine (C=N–C) groups is 1. The molecule has 0 aliphatic rings. The summed E-state index contributed by atoms with van der Waals surface area (Å²) in [5.41, 5.74) is 16.9. The summed E-state index contributed by atoms with van der Waals surface area (Å²) in [4.78, 5) is 28.9. The van der Waals surface area contributed by atoms with Gasteiger partial charge in [0.1, 0.15) is 12.1 Å². The molecule has 0 heterocycles. The van der Waals surface area contributed by atoms with Gasteiger partial charge in [-0.15, -0.1) is 0 Å². The van der Waals surface area contributed by atoms with E-state index in [0.29, 0.717) is 5.75 Å². The van der Waals surface area contributed by atoms with Crippen LogP contribution < -0.4 is 36.7 Å². The average molecular weight is 521 g/mol. The Morgan fingerprint density at radius 2 is 1.64 bits per heavy atom. The number of guanidine groups is 1. The number of carbonyl (C=O) groups excluding carboxylic acids is 2. The Kier molecular flexibility index (Phi) is 10.5. The van der Waals surface area contributed by atoms with Crippen LogP contribution in [0.2, 0.25) is 0 Å². The molecule has 0 bridgehead atoms. The van der Waals surface area contributed by atoms with Crippen molar-refractivity contribution in [2.45, 2.75) is 36.2 Å². The topological polar surface area (TPSA) is 201 Å². The molecule has 196 valence electrons. The van der Waals surface area contributed by atoms with E-state index >= 15 is 0 Å². The number of nitrogens with two attached hydrogens (primary N) is 3. The minimum atomic E-state index is -4.18. The maximum atomic E-state index is 13.1.